The van der Waals surface area contributed by atoms with E-state index in [0.29, 0.717) is 0 Å². The Hall–Kier alpha value is -2.07. The van der Waals surface area contributed by atoms with Crippen molar-refractivity contribution in [3.05, 3.63) is 66.2 Å². The predicted octanol–water partition coefficient (Wildman–Crippen LogP) is 4.03. The summed E-state index contributed by atoms with van der Waals surface area (Å²) in [5, 5.41) is 8.81. The van der Waals surface area contributed by atoms with Crippen LogP contribution in [0.4, 0.5) is 0 Å². The molecule has 4 heteroatoms. The van der Waals surface area contributed by atoms with E-state index >= 15 is 0 Å². The van der Waals surface area contributed by atoms with Crippen LogP contribution in [-0.4, -0.2) is 10.3 Å². The number of rotatable bonds is 4. The molecule has 0 spiro atoms. The molecule has 94 valence electrons. The maximum Gasteiger partial charge on any atom is 0.169 e. The van der Waals surface area contributed by atoms with Crippen molar-refractivity contribution in [1.82, 2.24) is 10.3 Å². The number of nitrogens with zero attached hydrogens (tertiary/aromatic N) is 2. The molecule has 0 saturated heterocycles. The molecule has 3 aromatic rings. The summed E-state index contributed by atoms with van der Waals surface area (Å²) in [4.78, 5) is 0. The molecule has 3 rings (SSSR count). The Balaban J connectivity index is 1.78. The molecular weight excluding hydrogens is 256 g/mol. The minimum Gasteiger partial charge on any atom is -0.243 e. The van der Waals surface area contributed by atoms with E-state index in [0.717, 1.165) is 22.0 Å². The van der Waals surface area contributed by atoms with Crippen LogP contribution < -0.4 is 0 Å². The number of benzene rings is 2. The van der Waals surface area contributed by atoms with Gasteiger partial charge in [0.15, 0.2) is 5.03 Å². The van der Waals surface area contributed by atoms with Gasteiger partial charge >= 0.3 is 0 Å². The third-order valence-electron chi connectivity index (χ3n) is 2.72. The van der Waals surface area contributed by atoms with Gasteiger partial charge in [-0.25, -0.2) is 4.63 Å². The van der Waals surface area contributed by atoms with Crippen LogP contribution in [0, 0.1) is 0 Å². The van der Waals surface area contributed by atoms with Crippen molar-refractivity contribution in [2.75, 3.05) is 0 Å². The van der Waals surface area contributed by atoms with Crippen molar-refractivity contribution in [2.24, 2.45) is 0 Å². The lowest BCUT2D eigenvalue weighted by atomic mass is 10.2. The molecule has 0 radical (unpaired) electrons. The first-order chi connectivity index (χ1) is 9.43. The van der Waals surface area contributed by atoms with Crippen molar-refractivity contribution in [3.8, 4) is 11.3 Å². The third kappa shape index (κ3) is 2.85. The molecule has 0 aliphatic rings. The van der Waals surface area contributed by atoms with E-state index in [4.69, 9.17) is 4.63 Å². The van der Waals surface area contributed by atoms with Gasteiger partial charge in [-0.1, -0.05) is 72.4 Å². The fraction of sp³-hybridized carbons (Fsp3) is 0.0667. The molecule has 0 saturated carbocycles. The monoisotopic (exact) mass is 268 g/mol. The van der Waals surface area contributed by atoms with Gasteiger partial charge < -0.3 is 0 Å². The molecular formula is C15H12N2OS. The van der Waals surface area contributed by atoms with E-state index < -0.39 is 0 Å². The fourth-order valence-corrected chi connectivity index (χ4v) is 2.65. The molecule has 0 bridgehead atoms. The quantitative estimate of drug-likeness (QED) is 0.670. The Morgan fingerprint density at radius 2 is 1.53 bits per heavy atom. The van der Waals surface area contributed by atoms with Gasteiger partial charge in [0, 0.05) is 11.3 Å². The number of hydrogen-bond donors (Lipinski definition) is 0. The standard InChI is InChI=1S/C15H12N2OS/c1-3-7-12(8-4-1)11-19-15-14(16-18-17-15)13-9-5-2-6-10-13/h1-10H,11H2. The summed E-state index contributed by atoms with van der Waals surface area (Å²) >= 11 is 1.63. The molecule has 2 aromatic carbocycles. The van der Waals surface area contributed by atoms with Crippen molar-refractivity contribution < 1.29 is 4.63 Å². The van der Waals surface area contributed by atoms with E-state index in [-0.39, 0.29) is 0 Å². The van der Waals surface area contributed by atoms with Gasteiger partial charge in [-0.05, 0) is 15.9 Å². The van der Waals surface area contributed by atoms with Crippen molar-refractivity contribution in [2.45, 2.75) is 10.8 Å². The van der Waals surface area contributed by atoms with Crippen LogP contribution in [0.2, 0.25) is 0 Å². The second kappa shape index (κ2) is 5.71. The molecule has 1 heterocycles. The van der Waals surface area contributed by atoms with E-state index in [1.54, 1.807) is 11.8 Å². The number of hydrogen-bond acceptors (Lipinski definition) is 4. The summed E-state index contributed by atoms with van der Waals surface area (Å²) in [5.74, 6) is 0.856. The average Bonchev–Trinajstić information content (AvgIpc) is 2.95. The van der Waals surface area contributed by atoms with E-state index in [9.17, 15) is 0 Å². The summed E-state index contributed by atoms with van der Waals surface area (Å²) < 4.78 is 4.87. The molecule has 0 fully saturated rings. The fourth-order valence-electron chi connectivity index (χ4n) is 1.77. The molecule has 0 atom stereocenters. The zero-order valence-corrected chi connectivity index (χ0v) is 11.0. The average molecular weight is 268 g/mol. The molecule has 0 unspecified atom stereocenters. The molecule has 0 N–H and O–H groups in total. The maximum absolute atomic E-state index is 4.87. The summed E-state index contributed by atoms with van der Waals surface area (Å²) in [5.41, 5.74) is 3.09. The first-order valence-corrected chi connectivity index (χ1v) is 6.97. The Morgan fingerprint density at radius 3 is 2.26 bits per heavy atom. The minimum absolute atomic E-state index is 0.807. The third-order valence-corrected chi connectivity index (χ3v) is 3.74. The summed E-state index contributed by atoms with van der Waals surface area (Å²) in [6.45, 7) is 0. The van der Waals surface area contributed by atoms with Crippen molar-refractivity contribution >= 4 is 11.8 Å². The second-order valence-electron chi connectivity index (χ2n) is 4.06. The van der Waals surface area contributed by atoms with Crippen LogP contribution in [0.1, 0.15) is 5.56 Å². The van der Waals surface area contributed by atoms with Crippen LogP contribution in [0.5, 0.6) is 0 Å². The normalized spacial score (nSPS) is 10.5. The van der Waals surface area contributed by atoms with E-state index in [1.165, 1.54) is 5.56 Å². The molecule has 1 aromatic heterocycles. The van der Waals surface area contributed by atoms with Crippen molar-refractivity contribution in [3.63, 3.8) is 0 Å². The van der Waals surface area contributed by atoms with Crippen LogP contribution in [-0.2, 0) is 5.75 Å². The van der Waals surface area contributed by atoms with Gasteiger partial charge in [0.1, 0.15) is 5.69 Å². The Labute approximate surface area is 115 Å². The summed E-state index contributed by atoms with van der Waals surface area (Å²) in [6, 6.07) is 20.2. The molecule has 0 aliphatic carbocycles. The number of aromatic nitrogens is 2. The predicted molar refractivity (Wildman–Crippen MR) is 75.7 cm³/mol. The van der Waals surface area contributed by atoms with Gasteiger partial charge in [0.25, 0.3) is 0 Å². The van der Waals surface area contributed by atoms with Gasteiger partial charge in [-0.2, -0.15) is 0 Å². The van der Waals surface area contributed by atoms with Gasteiger partial charge in [0.2, 0.25) is 0 Å². The zero-order chi connectivity index (χ0) is 12.9. The Kier molecular flexibility index (Phi) is 3.61. The molecule has 3 nitrogen and oxygen atoms in total. The van der Waals surface area contributed by atoms with Gasteiger partial charge in [0.05, 0.1) is 0 Å². The smallest absolute Gasteiger partial charge is 0.169 e. The number of thioether (sulfide) groups is 1. The second-order valence-corrected chi connectivity index (χ2v) is 5.02. The van der Waals surface area contributed by atoms with Crippen LogP contribution in [0.25, 0.3) is 11.3 Å². The topological polar surface area (TPSA) is 38.9 Å². The first kappa shape index (κ1) is 12.0. The highest BCUT2D eigenvalue weighted by molar-refractivity contribution is 7.98. The lowest BCUT2D eigenvalue weighted by Gasteiger charge is -2.00. The van der Waals surface area contributed by atoms with E-state index in [1.807, 2.05) is 48.5 Å². The van der Waals surface area contributed by atoms with Gasteiger partial charge in [-0.15, -0.1) is 0 Å². The first-order valence-electron chi connectivity index (χ1n) is 5.98. The summed E-state index contributed by atoms with van der Waals surface area (Å²) in [7, 11) is 0. The maximum atomic E-state index is 4.87. The van der Waals surface area contributed by atoms with E-state index in [2.05, 4.69) is 22.4 Å². The highest BCUT2D eigenvalue weighted by Gasteiger charge is 2.12. The largest absolute Gasteiger partial charge is 0.243 e. The molecule has 0 aliphatic heterocycles. The lowest BCUT2D eigenvalue weighted by molar-refractivity contribution is 0.299. The lowest BCUT2D eigenvalue weighted by Crippen LogP contribution is -1.83. The van der Waals surface area contributed by atoms with Crippen molar-refractivity contribution in [1.29, 1.82) is 0 Å². The molecule has 19 heavy (non-hydrogen) atoms. The zero-order valence-electron chi connectivity index (χ0n) is 10.2. The highest BCUT2D eigenvalue weighted by Crippen LogP contribution is 2.30. The molecule has 0 amide bonds. The summed E-state index contributed by atoms with van der Waals surface area (Å²) in [6.07, 6.45) is 0. The van der Waals surface area contributed by atoms with Crippen LogP contribution >= 0.6 is 11.8 Å². The minimum atomic E-state index is 0.807. The highest BCUT2D eigenvalue weighted by atomic mass is 32.2. The Bertz CT molecular complexity index is 638. The van der Waals surface area contributed by atoms with Crippen LogP contribution in [0.15, 0.2) is 70.3 Å². The Morgan fingerprint density at radius 1 is 0.842 bits per heavy atom. The SMILES string of the molecule is c1ccc(CSc2nonc2-c2ccccc2)cc1. The van der Waals surface area contributed by atoms with Crippen LogP contribution in [0.3, 0.4) is 0 Å². The van der Waals surface area contributed by atoms with Gasteiger partial charge in [-0.3, -0.25) is 0 Å².